The van der Waals surface area contributed by atoms with E-state index in [0.29, 0.717) is 0 Å². The molecule has 122 valence electrons. The van der Waals surface area contributed by atoms with E-state index in [1.807, 2.05) is 24.3 Å². The van der Waals surface area contributed by atoms with E-state index in [4.69, 9.17) is 5.11 Å². The molecular formula is C20H30O2. The standard InChI is InChI=1S/C20H30O2/c1-2-3-4-5-6-7-8-9-10-11-12-13-14-15-16-17-18-19-20(21)22/h10-19H,2-9H2,1H3,(H,21,22)/b11-10+,13-12+,15-14+,17-16+,19-18-. The summed E-state index contributed by atoms with van der Waals surface area (Å²) in [5, 5.41) is 8.38. The molecule has 0 saturated heterocycles. The molecule has 2 nitrogen and oxygen atoms in total. The monoisotopic (exact) mass is 302 g/mol. The molecule has 0 aliphatic heterocycles. The number of allylic oxidation sites excluding steroid dienone is 9. The van der Waals surface area contributed by atoms with Gasteiger partial charge in [0.1, 0.15) is 0 Å². The molecule has 0 spiro atoms. The second-order valence-corrected chi connectivity index (χ2v) is 5.19. The van der Waals surface area contributed by atoms with Crippen molar-refractivity contribution in [3.63, 3.8) is 0 Å². The van der Waals surface area contributed by atoms with Gasteiger partial charge in [-0.3, -0.25) is 0 Å². The lowest BCUT2D eigenvalue weighted by Gasteiger charge is -1.98. The number of carboxylic acids is 1. The predicted molar refractivity (Wildman–Crippen MR) is 95.9 cm³/mol. The van der Waals surface area contributed by atoms with Crippen molar-refractivity contribution in [2.24, 2.45) is 0 Å². The van der Waals surface area contributed by atoms with Crippen molar-refractivity contribution in [3.05, 3.63) is 60.8 Å². The van der Waals surface area contributed by atoms with Crippen LogP contribution in [0.4, 0.5) is 0 Å². The van der Waals surface area contributed by atoms with Gasteiger partial charge in [0.25, 0.3) is 0 Å². The maximum Gasteiger partial charge on any atom is 0.328 e. The van der Waals surface area contributed by atoms with Gasteiger partial charge in [-0.05, 0) is 12.8 Å². The molecule has 0 unspecified atom stereocenters. The van der Waals surface area contributed by atoms with Crippen molar-refractivity contribution in [3.8, 4) is 0 Å². The summed E-state index contributed by atoms with van der Waals surface area (Å²) in [5.74, 6) is -0.931. The Labute approximate surface area is 135 Å². The van der Waals surface area contributed by atoms with Gasteiger partial charge >= 0.3 is 5.97 Å². The summed E-state index contributed by atoms with van der Waals surface area (Å²) in [6.07, 6.45) is 28.8. The lowest BCUT2D eigenvalue weighted by Crippen LogP contribution is -1.84. The number of carbonyl (C=O) groups is 1. The van der Waals surface area contributed by atoms with Crippen molar-refractivity contribution in [1.82, 2.24) is 0 Å². The third-order valence-corrected chi connectivity index (χ3v) is 3.13. The van der Waals surface area contributed by atoms with E-state index >= 15 is 0 Å². The fourth-order valence-corrected chi connectivity index (χ4v) is 1.92. The van der Waals surface area contributed by atoms with E-state index in [1.165, 1.54) is 51.0 Å². The van der Waals surface area contributed by atoms with Crippen molar-refractivity contribution >= 4 is 5.97 Å². The topological polar surface area (TPSA) is 37.3 Å². The Kier molecular flexibility index (Phi) is 15.8. The highest BCUT2D eigenvalue weighted by atomic mass is 16.4. The number of hydrogen-bond acceptors (Lipinski definition) is 1. The SMILES string of the molecule is CCCCCCCCC/C=C/C=C/C=C/C=C/C=C\C(=O)O. The number of carboxylic acid groups (broad SMARTS) is 1. The first-order chi connectivity index (χ1) is 10.8. The van der Waals surface area contributed by atoms with Gasteiger partial charge in [-0.1, -0.05) is 100 Å². The van der Waals surface area contributed by atoms with Gasteiger partial charge in [-0.25, -0.2) is 4.79 Å². The fraction of sp³-hybridized carbons (Fsp3) is 0.450. The zero-order valence-corrected chi connectivity index (χ0v) is 13.8. The van der Waals surface area contributed by atoms with Gasteiger partial charge in [-0.2, -0.15) is 0 Å². The van der Waals surface area contributed by atoms with Crippen molar-refractivity contribution in [2.75, 3.05) is 0 Å². The van der Waals surface area contributed by atoms with Crippen LogP contribution in [0.1, 0.15) is 58.3 Å². The quantitative estimate of drug-likeness (QED) is 0.258. The molecule has 0 bridgehead atoms. The Morgan fingerprint density at radius 3 is 1.82 bits per heavy atom. The molecule has 0 fully saturated rings. The van der Waals surface area contributed by atoms with Crippen LogP contribution in [0, 0.1) is 0 Å². The van der Waals surface area contributed by atoms with E-state index in [0.717, 1.165) is 12.5 Å². The largest absolute Gasteiger partial charge is 0.478 e. The highest BCUT2D eigenvalue weighted by Gasteiger charge is 1.88. The third-order valence-electron chi connectivity index (χ3n) is 3.13. The summed E-state index contributed by atoms with van der Waals surface area (Å²) in [7, 11) is 0. The van der Waals surface area contributed by atoms with Crippen LogP contribution >= 0.6 is 0 Å². The second-order valence-electron chi connectivity index (χ2n) is 5.19. The Balaban J connectivity index is 3.50. The summed E-state index contributed by atoms with van der Waals surface area (Å²) in [6, 6.07) is 0. The van der Waals surface area contributed by atoms with Crippen LogP contribution in [0.15, 0.2) is 60.8 Å². The first-order valence-corrected chi connectivity index (χ1v) is 8.33. The minimum Gasteiger partial charge on any atom is -0.478 e. The lowest BCUT2D eigenvalue weighted by atomic mass is 10.1. The van der Waals surface area contributed by atoms with Gasteiger partial charge in [0, 0.05) is 6.08 Å². The number of hydrogen-bond donors (Lipinski definition) is 1. The van der Waals surface area contributed by atoms with E-state index in [-0.39, 0.29) is 0 Å². The van der Waals surface area contributed by atoms with Crippen molar-refractivity contribution in [2.45, 2.75) is 58.3 Å². The molecule has 0 aliphatic carbocycles. The highest BCUT2D eigenvalue weighted by Crippen LogP contribution is 2.08. The maximum atomic E-state index is 10.2. The van der Waals surface area contributed by atoms with Crippen LogP contribution in [-0.2, 0) is 4.79 Å². The van der Waals surface area contributed by atoms with Gasteiger partial charge in [0.05, 0.1) is 0 Å². The van der Waals surface area contributed by atoms with Crippen LogP contribution in [0.2, 0.25) is 0 Å². The maximum absolute atomic E-state index is 10.2. The Morgan fingerprint density at radius 2 is 1.23 bits per heavy atom. The van der Waals surface area contributed by atoms with E-state index in [2.05, 4.69) is 19.1 Å². The van der Waals surface area contributed by atoms with E-state index in [1.54, 1.807) is 12.2 Å². The zero-order chi connectivity index (χ0) is 16.3. The van der Waals surface area contributed by atoms with Crippen LogP contribution in [0.5, 0.6) is 0 Å². The van der Waals surface area contributed by atoms with Crippen LogP contribution in [-0.4, -0.2) is 11.1 Å². The number of aliphatic carboxylic acids is 1. The molecule has 0 aromatic rings. The molecule has 0 atom stereocenters. The Morgan fingerprint density at radius 1 is 0.727 bits per heavy atom. The first-order valence-electron chi connectivity index (χ1n) is 8.33. The molecule has 0 aromatic carbocycles. The lowest BCUT2D eigenvalue weighted by molar-refractivity contribution is -0.131. The van der Waals surface area contributed by atoms with Gasteiger partial charge in [0.15, 0.2) is 0 Å². The minimum absolute atomic E-state index is 0.931. The smallest absolute Gasteiger partial charge is 0.328 e. The minimum atomic E-state index is -0.931. The zero-order valence-electron chi connectivity index (χ0n) is 13.8. The summed E-state index contributed by atoms with van der Waals surface area (Å²) >= 11 is 0. The number of unbranched alkanes of at least 4 members (excludes halogenated alkanes) is 7. The molecule has 0 amide bonds. The summed E-state index contributed by atoms with van der Waals surface area (Å²) in [6.45, 7) is 2.25. The second kappa shape index (κ2) is 17.2. The van der Waals surface area contributed by atoms with Crippen LogP contribution in [0.3, 0.4) is 0 Å². The van der Waals surface area contributed by atoms with E-state index < -0.39 is 5.97 Å². The highest BCUT2D eigenvalue weighted by molar-refractivity contribution is 5.80. The molecule has 22 heavy (non-hydrogen) atoms. The molecule has 0 rings (SSSR count). The average Bonchev–Trinajstić information content (AvgIpc) is 2.50. The molecule has 0 aliphatic rings. The van der Waals surface area contributed by atoms with Crippen molar-refractivity contribution in [1.29, 1.82) is 0 Å². The van der Waals surface area contributed by atoms with Crippen LogP contribution in [0.25, 0.3) is 0 Å². The molecule has 0 aromatic heterocycles. The van der Waals surface area contributed by atoms with Gasteiger partial charge in [-0.15, -0.1) is 0 Å². The van der Waals surface area contributed by atoms with E-state index in [9.17, 15) is 4.79 Å². The molecular weight excluding hydrogens is 272 g/mol. The summed E-state index contributed by atoms with van der Waals surface area (Å²) in [5.41, 5.74) is 0. The number of rotatable bonds is 13. The first kappa shape index (κ1) is 20.2. The molecule has 1 N–H and O–H groups in total. The normalized spacial score (nSPS) is 12.8. The summed E-state index contributed by atoms with van der Waals surface area (Å²) in [4.78, 5) is 10.2. The Hall–Kier alpha value is -1.83. The average molecular weight is 302 g/mol. The predicted octanol–water partition coefficient (Wildman–Crippen LogP) is 5.99. The molecule has 2 heteroatoms. The Bertz CT molecular complexity index is 398. The molecule has 0 heterocycles. The summed E-state index contributed by atoms with van der Waals surface area (Å²) < 4.78 is 0. The van der Waals surface area contributed by atoms with Crippen molar-refractivity contribution < 1.29 is 9.90 Å². The molecule has 0 radical (unpaired) electrons. The fourth-order valence-electron chi connectivity index (χ4n) is 1.92. The third kappa shape index (κ3) is 18.2. The molecule has 0 saturated carbocycles. The van der Waals surface area contributed by atoms with Crippen LogP contribution < -0.4 is 0 Å². The van der Waals surface area contributed by atoms with Gasteiger partial charge < -0.3 is 5.11 Å². The van der Waals surface area contributed by atoms with Gasteiger partial charge in [0.2, 0.25) is 0 Å².